The quantitative estimate of drug-likeness (QED) is 0.796. The molecule has 1 saturated carbocycles. The van der Waals surface area contributed by atoms with Gasteiger partial charge in [0.1, 0.15) is 0 Å². The highest BCUT2D eigenvalue weighted by molar-refractivity contribution is 5.82. The topological polar surface area (TPSA) is 38.8 Å². The van der Waals surface area contributed by atoms with Crippen molar-refractivity contribution in [1.29, 1.82) is 0 Å². The molecule has 0 N–H and O–H groups in total. The molecule has 1 amide bonds. The number of nitrogens with zero attached hydrogens (tertiary/aromatic N) is 1. The number of carbonyl (C=O) groups is 1. The van der Waals surface area contributed by atoms with Gasteiger partial charge >= 0.3 is 0 Å². The number of hydrogen-bond donors (Lipinski definition) is 0. The van der Waals surface area contributed by atoms with Crippen molar-refractivity contribution in [2.45, 2.75) is 77.4 Å². The maximum Gasteiger partial charge on any atom is 0.228 e. The fourth-order valence-corrected chi connectivity index (χ4v) is 4.49. The van der Waals surface area contributed by atoms with Gasteiger partial charge in [0, 0.05) is 31.7 Å². The molecule has 0 aromatic rings. The van der Waals surface area contributed by atoms with Gasteiger partial charge in [0.05, 0.1) is 12.2 Å². The molecule has 4 heteroatoms. The molecule has 3 fully saturated rings. The van der Waals surface area contributed by atoms with Crippen molar-refractivity contribution in [1.82, 2.24) is 4.90 Å². The summed E-state index contributed by atoms with van der Waals surface area (Å²) in [6.45, 7) is 7.60. The Hall–Kier alpha value is -0.610. The zero-order chi connectivity index (χ0) is 16.3. The summed E-state index contributed by atoms with van der Waals surface area (Å²) in [6, 6.07) is 0. The van der Waals surface area contributed by atoms with Crippen LogP contribution in [-0.2, 0) is 14.3 Å². The van der Waals surface area contributed by atoms with Crippen LogP contribution in [0.15, 0.2) is 0 Å². The van der Waals surface area contributed by atoms with Gasteiger partial charge in [0.15, 0.2) is 0 Å². The zero-order valence-corrected chi connectivity index (χ0v) is 14.9. The van der Waals surface area contributed by atoms with Gasteiger partial charge in [-0.05, 0) is 44.4 Å². The fourth-order valence-electron chi connectivity index (χ4n) is 4.49. The summed E-state index contributed by atoms with van der Waals surface area (Å²) < 4.78 is 11.7. The minimum Gasteiger partial charge on any atom is -0.381 e. The third-order valence-electron chi connectivity index (χ3n) is 6.21. The second kappa shape index (κ2) is 7.52. The van der Waals surface area contributed by atoms with E-state index in [0.717, 1.165) is 52.0 Å². The molecule has 0 aromatic heterocycles. The lowest BCUT2D eigenvalue weighted by molar-refractivity contribution is -0.148. The van der Waals surface area contributed by atoms with Crippen LogP contribution in [0, 0.1) is 11.3 Å². The normalized spacial score (nSPS) is 25.9. The molecule has 132 valence electrons. The second-order valence-electron chi connectivity index (χ2n) is 8.14. The van der Waals surface area contributed by atoms with Crippen LogP contribution in [0.4, 0.5) is 0 Å². The molecular weight excluding hydrogens is 290 g/mol. The number of piperidine rings is 1. The molecule has 23 heavy (non-hydrogen) atoms. The SMILES string of the molecule is CC(C)(C(=O)N1CCC(OC2CCCC2)CC1)C1CCOCC1. The highest BCUT2D eigenvalue weighted by atomic mass is 16.5. The second-order valence-corrected chi connectivity index (χ2v) is 8.14. The van der Waals surface area contributed by atoms with Crippen molar-refractivity contribution in [3.05, 3.63) is 0 Å². The first-order valence-corrected chi connectivity index (χ1v) is 9.60. The molecule has 2 heterocycles. The van der Waals surface area contributed by atoms with Crippen molar-refractivity contribution in [2.24, 2.45) is 11.3 Å². The zero-order valence-electron chi connectivity index (χ0n) is 14.9. The van der Waals surface area contributed by atoms with E-state index < -0.39 is 0 Å². The van der Waals surface area contributed by atoms with E-state index >= 15 is 0 Å². The molecule has 4 nitrogen and oxygen atoms in total. The van der Waals surface area contributed by atoms with Gasteiger partial charge in [0.25, 0.3) is 0 Å². The van der Waals surface area contributed by atoms with E-state index in [9.17, 15) is 4.79 Å². The molecule has 0 aromatic carbocycles. The molecule has 2 saturated heterocycles. The van der Waals surface area contributed by atoms with Crippen LogP contribution in [0.5, 0.6) is 0 Å². The predicted octanol–water partition coefficient (Wildman–Crippen LogP) is 3.39. The van der Waals surface area contributed by atoms with Gasteiger partial charge < -0.3 is 14.4 Å². The van der Waals surface area contributed by atoms with E-state index in [4.69, 9.17) is 9.47 Å². The first kappa shape index (κ1) is 17.2. The van der Waals surface area contributed by atoms with E-state index in [2.05, 4.69) is 18.7 Å². The summed E-state index contributed by atoms with van der Waals surface area (Å²) in [7, 11) is 0. The summed E-state index contributed by atoms with van der Waals surface area (Å²) >= 11 is 0. The van der Waals surface area contributed by atoms with Gasteiger partial charge in [0.2, 0.25) is 5.91 Å². The average molecular weight is 323 g/mol. The van der Waals surface area contributed by atoms with Gasteiger partial charge in [-0.15, -0.1) is 0 Å². The summed E-state index contributed by atoms with van der Waals surface area (Å²) in [4.78, 5) is 15.1. The smallest absolute Gasteiger partial charge is 0.228 e. The van der Waals surface area contributed by atoms with Crippen LogP contribution < -0.4 is 0 Å². The van der Waals surface area contributed by atoms with Crippen molar-refractivity contribution < 1.29 is 14.3 Å². The molecular formula is C19H33NO3. The predicted molar refractivity (Wildman–Crippen MR) is 90.3 cm³/mol. The molecule has 1 aliphatic carbocycles. The van der Waals surface area contributed by atoms with Crippen LogP contribution in [-0.4, -0.2) is 49.3 Å². The molecule has 3 rings (SSSR count). The summed E-state index contributed by atoms with van der Waals surface area (Å²) in [5.41, 5.74) is -0.261. The Morgan fingerprint density at radius 3 is 2.13 bits per heavy atom. The first-order chi connectivity index (χ1) is 11.1. The van der Waals surface area contributed by atoms with Gasteiger partial charge in [-0.3, -0.25) is 4.79 Å². The Morgan fingerprint density at radius 2 is 1.52 bits per heavy atom. The number of ether oxygens (including phenoxy) is 2. The number of hydrogen-bond acceptors (Lipinski definition) is 3. The minimum absolute atomic E-state index is 0.261. The van der Waals surface area contributed by atoms with E-state index in [-0.39, 0.29) is 5.41 Å². The Kier molecular flexibility index (Phi) is 5.63. The molecule has 3 aliphatic rings. The Balaban J connectivity index is 1.48. The maximum atomic E-state index is 13.0. The summed E-state index contributed by atoms with van der Waals surface area (Å²) in [6.07, 6.45) is 10.0. The van der Waals surface area contributed by atoms with Gasteiger partial charge in [-0.2, -0.15) is 0 Å². The highest BCUT2D eigenvalue weighted by Crippen LogP contribution is 2.37. The van der Waals surface area contributed by atoms with E-state index in [0.29, 0.717) is 24.0 Å². The van der Waals surface area contributed by atoms with Crippen LogP contribution in [0.3, 0.4) is 0 Å². The van der Waals surface area contributed by atoms with Gasteiger partial charge in [-0.1, -0.05) is 26.7 Å². The number of rotatable bonds is 4. The van der Waals surface area contributed by atoms with E-state index in [1.807, 2.05) is 0 Å². The van der Waals surface area contributed by atoms with Crippen molar-refractivity contribution in [2.75, 3.05) is 26.3 Å². The highest BCUT2D eigenvalue weighted by Gasteiger charge is 2.41. The van der Waals surface area contributed by atoms with E-state index in [1.54, 1.807) is 0 Å². The van der Waals surface area contributed by atoms with Crippen LogP contribution in [0.25, 0.3) is 0 Å². The minimum atomic E-state index is -0.261. The van der Waals surface area contributed by atoms with Crippen molar-refractivity contribution in [3.8, 4) is 0 Å². The Bertz CT molecular complexity index is 389. The van der Waals surface area contributed by atoms with Crippen molar-refractivity contribution in [3.63, 3.8) is 0 Å². The van der Waals surface area contributed by atoms with Crippen LogP contribution in [0.2, 0.25) is 0 Å². The molecule has 0 radical (unpaired) electrons. The van der Waals surface area contributed by atoms with Crippen molar-refractivity contribution >= 4 is 5.91 Å². The average Bonchev–Trinajstić information content (AvgIpc) is 3.09. The molecule has 0 spiro atoms. The Morgan fingerprint density at radius 1 is 0.957 bits per heavy atom. The number of carbonyl (C=O) groups excluding carboxylic acids is 1. The molecule has 0 atom stereocenters. The maximum absolute atomic E-state index is 13.0. The largest absolute Gasteiger partial charge is 0.381 e. The Labute approximate surface area is 140 Å². The lowest BCUT2D eigenvalue weighted by Gasteiger charge is -2.41. The number of amides is 1. The van der Waals surface area contributed by atoms with Crippen LogP contribution >= 0.6 is 0 Å². The first-order valence-electron chi connectivity index (χ1n) is 9.60. The number of likely N-dealkylation sites (tertiary alicyclic amines) is 1. The van der Waals surface area contributed by atoms with E-state index in [1.165, 1.54) is 25.7 Å². The van der Waals surface area contributed by atoms with Gasteiger partial charge in [-0.25, -0.2) is 0 Å². The molecule has 0 bridgehead atoms. The summed E-state index contributed by atoms with van der Waals surface area (Å²) in [5.74, 6) is 0.792. The third-order valence-corrected chi connectivity index (χ3v) is 6.21. The lowest BCUT2D eigenvalue weighted by atomic mass is 9.73. The lowest BCUT2D eigenvalue weighted by Crippen LogP contribution is -2.50. The van der Waals surface area contributed by atoms with Crippen LogP contribution in [0.1, 0.15) is 65.2 Å². The molecule has 2 aliphatic heterocycles. The molecule has 0 unspecified atom stereocenters. The summed E-state index contributed by atoms with van der Waals surface area (Å²) in [5, 5.41) is 0. The monoisotopic (exact) mass is 323 g/mol. The third kappa shape index (κ3) is 4.08. The fraction of sp³-hybridized carbons (Fsp3) is 0.947. The standard InChI is InChI=1S/C19H33NO3/c1-19(2,15-9-13-22-14-10-15)18(21)20-11-7-17(8-12-20)23-16-5-3-4-6-16/h15-17H,3-14H2,1-2H3.